The van der Waals surface area contributed by atoms with Crippen molar-refractivity contribution in [3.63, 3.8) is 0 Å². The minimum Gasteiger partial charge on any atom is -0.465 e. The number of aromatic nitrogens is 1. The molecule has 0 saturated carbocycles. The van der Waals surface area contributed by atoms with Gasteiger partial charge in [-0.1, -0.05) is 0 Å². The molecule has 0 unspecified atom stereocenters. The monoisotopic (exact) mass is 335 g/mol. The first-order valence-electron chi connectivity index (χ1n) is 8.42. The summed E-state index contributed by atoms with van der Waals surface area (Å²) < 4.78 is 10.6. The van der Waals surface area contributed by atoms with Gasteiger partial charge >= 0.3 is 5.97 Å². The maximum atomic E-state index is 12.4. The lowest BCUT2D eigenvalue weighted by Crippen LogP contribution is -2.50. The van der Waals surface area contributed by atoms with Crippen LogP contribution in [0.25, 0.3) is 0 Å². The lowest BCUT2D eigenvalue weighted by atomic mass is 10.1. The number of carbonyl (C=O) groups excluding carboxylic acids is 2. The Balaban J connectivity index is 1.60. The second-order valence-electron chi connectivity index (χ2n) is 6.57. The van der Waals surface area contributed by atoms with E-state index in [0.717, 1.165) is 19.7 Å². The van der Waals surface area contributed by atoms with Gasteiger partial charge in [0.1, 0.15) is 5.69 Å². The van der Waals surface area contributed by atoms with E-state index in [4.69, 9.17) is 9.47 Å². The van der Waals surface area contributed by atoms with E-state index in [-0.39, 0.29) is 12.0 Å². The molecule has 7 nitrogen and oxygen atoms in total. The van der Waals surface area contributed by atoms with E-state index in [1.54, 1.807) is 13.8 Å². The molecule has 3 heterocycles. The average Bonchev–Trinajstić information content (AvgIpc) is 3.15. The van der Waals surface area contributed by atoms with Crippen molar-refractivity contribution in [2.24, 2.45) is 0 Å². The molecular weight excluding hydrogens is 310 g/mol. The summed E-state index contributed by atoms with van der Waals surface area (Å²) in [7, 11) is 1.33. The van der Waals surface area contributed by atoms with E-state index in [9.17, 15) is 9.59 Å². The molecule has 0 radical (unpaired) electrons. The van der Waals surface area contributed by atoms with Crippen molar-refractivity contribution in [3.05, 3.63) is 22.5 Å². The van der Waals surface area contributed by atoms with Gasteiger partial charge in [0.25, 0.3) is 5.91 Å². The molecule has 2 atom stereocenters. The van der Waals surface area contributed by atoms with Crippen molar-refractivity contribution >= 4 is 11.9 Å². The van der Waals surface area contributed by atoms with Crippen LogP contribution in [0.2, 0.25) is 0 Å². The first-order chi connectivity index (χ1) is 11.5. The number of amides is 1. The van der Waals surface area contributed by atoms with Gasteiger partial charge < -0.3 is 19.8 Å². The average molecular weight is 335 g/mol. The molecule has 2 saturated heterocycles. The summed E-state index contributed by atoms with van der Waals surface area (Å²) in [6.45, 7) is 6.70. The number of rotatable bonds is 4. The van der Waals surface area contributed by atoms with Crippen LogP contribution in [0.3, 0.4) is 0 Å². The molecule has 2 aliphatic rings. The molecule has 3 rings (SSSR count). The Labute approximate surface area is 141 Å². The molecule has 1 amide bonds. The standard InChI is InChI=1S/C17H25N3O4/c1-10-14(17(22)23-3)11(2)19-15(10)16(21)18-7-13-8-20-6-4-5-12(20)9-24-13/h12-13,19H,4-9H2,1-3H3,(H,18,21)/t12-,13+/m0/s1. The van der Waals surface area contributed by atoms with Crippen LogP contribution in [0.4, 0.5) is 0 Å². The summed E-state index contributed by atoms with van der Waals surface area (Å²) >= 11 is 0. The van der Waals surface area contributed by atoms with Gasteiger partial charge in [-0.25, -0.2) is 4.79 Å². The number of H-pyrrole nitrogens is 1. The smallest absolute Gasteiger partial charge is 0.339 e. The Bertz CT molecular complexity index is 640. The molecule has 2 aliphatic heterocycles. The Hall–Kier alpha value is -1.86. The van der Waals surface area contributed by atoms with Gasteiger partial charge in [-0.15, -0.1) is 0 Å². The van der Waals surface area contributed by atoms with Gasteiger partial charge in [0.05, 0.1) is 25.4 Å². The maximum absolute atomic E-state index is 12.4. The van der Waals surface area contributed by atoms with Crippen LogP contribution in [0, 0.1) is 13.8 Å². The Morgan fingerprint density at radius 3 is 2.96 bits per heavy atom. The molecule has 24 heavy (non-hydrogen) atoms. The fourth-order valence-electron chi connectivity index (χ4n) is 3.69. The van der Waals surface area contributed by atoms with E-state index < -0.39 is 5.97 Å². The third kappa shape index (κ3) is 3.18. The van der Waals surface area contributed by atoms with Crippen LogP contribution in [0.15, 0.2) is 0 Å². The van der Waals surface area contributed by atoms with Crippen LogP contribution in [-0.4, -0.2) is 67.3 Å². The van der Waals surface area contributed by atoms with Crippen molar-refractivity contribution in [1.29, 1.82) is 0 Å². The fourth-order valence-corrected chi connectivity index (χ4v) is 3.69. The number of nitrogens with zero attached hydrogens (tertiary/aromatic N) is 1. The molecule has 132 valence electrons. The van der Waals surface area contributed by atoms with Gasteiger partial charge in [0, 0.05) is 24.8 Å². The molecular formula is C17H25N3O4. The van der Waals surface area contributed by atoms with Gasteiger partial charge in [0.15, 0.2) is 0 Å². The zero-order chi connectivity index (χ0) is 17.3. The molecule has 7 heteroatoms. The Morgan fingerprint density at radius 2 is 2.21 bits per heavy atom. The van der Waals surface area contributed by atoms with Crippen molar-refractivity contribution in [1.82, 2.24) is 15.2 Å². The number of hydrogen-bond acceptors (Lipinski definition) is 5. The van der Waals surface area contributed by atoms with E-state index >= 15 is 0 Å². The number of nitrogens with one attached hydrogen (secondary N) is 2. The third-order valence-corrected chi connectivity index (χ3v) is 5.01. The van der Waals surface area contributed by atoms with E-state index in [1.807, 2.05) is 0 Å². The maximum Gasteiger partial charge on any atom is 0.339 e. The van der Waals surface area contributed by atoms with Crippen molar-refractivity contribution in [2.75, 3.05) is 33.4 Å². The summed E-state index contributed by atoms with van der Waals surface area (Å²) in [6.07, 6.45) is 2.44. The first kappa shape index (κ1) is 17.0. The molecule has 0 bridgehead atoms. The number of methoxy groups -OCH3 is 1. The molecule has 2 N–H and O–H groups in total. The van der Waals surface area contributed by atoms with Crippen molar-refractivity contribution in [3.8, 4) is 0 Å². The number of fused-ring (bicyclic) bond motifs is 1. The number of carbonyl (C=O) groups is 2. The number of esters is 1. The molecule has 0 spiro atoms. The summed E-state index contributed by atoms with van der Waals surface area (Å²) in [5.74, 6) is -0.658. The van der Waals surface area contributed by atoms with E-state index in [1.165, 1.54) is 20.0 Å². The fraction of sp³-hybridized carbons (Fsp3) is 0.647. The number of hydrogen-bond donors (Lipinski definition) is 2. The summed E-state index contributed by atoms with van der Waals surface area (Å²) in [5, 5.41) is 2.91. The van der Waals surface area contributed by atoms with Crippen LogP contribution in [0.5, 0.6) is 0 Å². The highest BCUT2D eigenvalue weighted by Crippen LogP contribution is 2.22. The minimum absolute atomic E-state index is 0.0137. The second-order valence-corrected chi connectivity index (χ2v) is 6.57. The second kappa shape index (κ2) is 6.94. The van der Waals surface area contributed by atoms with Crippen LogP contribution in [-0.2, 0) is 9.47 Å². The van der Waals surface area contributed by atoms with E-state index in [2.05, 4.69) is 15.2 Å². The quantitative estimate of drug-likeness (QED) is 0.803. The largest absolute Gasteiger partial charge is 0.465 e. The third-order valence-electron chi connectivity index (χ3n) is 5.01. The van der Waals surface area contributed by atoms with Gasteiger partial charge in [-0.3, -0.25) is 9.69 Å². The zero-order valence-electron chi connectivity index (χ0n) is 14.5. The number of aryl methyl sites for hydroxylation is 1. The molecule has 1 aromatic rings. The predicted molar refractivity (Wildman–Crippen MR) is 88.3 cm³/mol. The van der Waals surface area contributed by atoms with Crippen LogP contribution < -0.4 is 5.32 Å². The minimum atomic E-state index is -0.434. The zero-order valence-corrected chi connectivity index (χ0v) is 14.5. The molecule has 0 aromatic carbocycles. The highest BCUT2D eigenvalue weighted by atomic mass is 16.5. The first-order valence-corrected chi connectivity index (χ1v) is 8.42. The van der Waals surface area contributed by atoms with Crippen molar-refractivity contribution < 1.29 is 19.1 Å². The van der Waals surface area contributed by atoms with Crippen LogP contribution >= 0.6 is 0 Å². The summed E-state index contributed by atoms with van der Waals surface area (Å²) in [4.78, 5) is 29.7. The Kier molecular flexibility index (Phi) is 4.91. The highest BCUT2D eigenvalue weighted by Gasteiger charge is 2.32. The molecule has 1 aromatic heterocycles. The van der Waals surface area contributed by atoms with Gasteiger partial charge in [-0.05, 0) is 38.8 Å². The van der Waals surface area contributed by atoms with Crippen LogP contribution in [0.1, 0.15) is 44.9 Å². The van der Waals surface area contributed by atoms with Gasteiger partial charge in [-0.2, -0.15) is 0 Å². The Morgan fingerprint density at radius 1 is 1.42 bits per heavy atom. The van der Waals surface area contributed by atoms with Gasteiger partial charge in [0.2, 0.25) is 0 Å². The topological polar surface area (TPSA) is 83.7 Å². The van der Waals surface area contributed by atoms with Crippen molar-refractivity contribution in [2.45, 2.75) is 38.8 Å². The number of ether oxygens (including phenoxy) is 2. The normalized spacial score (nSPS) is 23.8. The molecule has 2 fully saturated rings. The lowest BCUT2D eigenvalue weighted by Gasteiger charge is -2.35. The SMILES string of the molecule is COC(=O)c1c(C)[nH]c(C(=O)NC[C@@H]2CN3CCC[C@H]3CO2)c1C. The number of morpholine rings is 1. The van der Waals surface area contributed by atoms with E-state index in [0.29, 0.717) is 35.1 Å². The highest BCUT2D eigenvalue weighted by molar-refractivity contribution is 6.00. The lowest BCUT2D eigenvalue weighted by molar-refractivity contribution is -0.0462. The predicted octanol–water partition coefficient (Wildman–Crippen LogP) is 1.01. The number of aromatic amines is 1. The summed E-state index contributed by atoms with van der Waals surface area (Å²) in [6, 6.07) is 0.549. The summed E-state index contributed by atoms with van der Waals surface area (Å²) in [5.41, 5.74) is 2.08. The molecule has 0 aliphatic carbocycles.